The first kappa shape index (κ1) is 22.0. The van der Waals surface area contributed by atoms with Gasteiger partial charge in [0.15, 0.2) is 9.84 Å². The molecule has 30 heavy (non-hydrogen) atoms. The maximum atomic E-state index is 13.0. The van der Waals surface area contributed by atoms with Crippen LogP contribution in [-0.2, 0) is 9.84 Å². The van der Waals surface area contributed by atoms with E-state index in [9.17, 15) is 13.2 Å². The molecule has 2 N–H and O–H groups in total. The molecule has 1 amide bonds. The lowest BCUT2D eigenvalue weighted by atomic mass is 10.1. The van der Waals surface area contributed by atoms with Crippen molar-refractivity contribution in [3.63, 3.8) is 0 Å². The van der Waals surface area contributed by atoms with E-state index in [1.54, 1.807) is 42.6 Å². The van der Waals surface area contributed by atoms with Gasteiger partial charge in [-0.1, -0.05) is 6.07 Å². The highest BCUT2D eigenvalue weighted by molar-refractivity contribution is 7.90. The molecule has 0 atom stereocenters. The topological polar surface area (TPSA) is 91.4 Å². The van der Waals surface area contributed by atoms with E-state index in [-0.39, 0.29) is 22.9 Å². The summed E-state index contributed by atoms with van der Waals surface area (Å²) in [7, 11) is -3.59. The van der Waals surface area contributed by atoms with Crippen molar-refractivity contribution in [2.45, 2.75) is 4.90 Å². The van der Waals surface area contributed by atoms with E-state index in [0.29, 0.717) is 5.69 Å². The van der Waals surface area contributed by atoms with Crippen LogP contribution in [0.15, 0.2) is 59.6 Å². The second-order valence-electron chi connectivity index (χ2n) is 7.02. The monoisotopic (exact) mass is 446 g/mol. The highest BCUT2D eigenvalue weighted by Crippen LogP contribution is 2.27. The maximum absolute atomic E-state index is 13.0. The number of amides is 1. The summed E-state index contributed by atoms with van der Waals surface area (Å²) in [4.78, 5) is 19.4. The Labute approximate surface area is 181 Å². The van der Waals surface area contributed by atoms with Crippen molar-refractivity contribution in [2.24, 2.45) is 0 Å². The lowest BCUT2D eigenvalue weighted by Crippen LogP contribution is -2.43. The van der Waals surface area contributed by atoms with Crippen LogP contribution in [0.2, 0.25) is 0 Å². The van der Waals surface area contributed by atoms with Gasteiger partial charge < -0.3 is 15.5 Å². The number of anilines is 2. The highest BCUT2D eigenvalue weighted by atomic mass is 35.5. The minimum Gasteiger partial charge on any atom is -0.369 e. The summed E-state index contributed by atoms with van der Waals surface area (Å²) in [5.41, 5.74) is 2.28. The molecule has 1 fully saturated rings. The average Bonchev–Trinajstić information content (AvgIpc) is 2.73. The van der Waals surface area contributed by atoms with E-state index in [2.05, 4.69) is 20.5 Å². The molecule has 4 rings (SSSR count). The van der Waals surface area contributed by atoms with E-state index >= 15 is 0 Å². The summed E-state index contributed by atoms with van der Waals surface area (Å²) in [5.74, 6) is -0.464. The van der Waals surface area contributed by atoms with Crippen LogP contribution in [0.25, 0.3) is 10.9 Å². The Morgan fingerprint density at radius 2 is 1.87 bits per heavy atom. The number of halogens is 1. The molecular formula is C21H23ClN4O3S. The molecule has 2 aromatic carbocycles. The third-order valence-electron chi connectivity index (χ3n) is 4.99. The van der Waals surface area contributed by atoms with Gasteiger partial charge in [-0.15, -0.1) is 12.4 Å². The largest absolute Gasteiger partial charge is 0.369 e. The maximum Gasteiger partial charge on any atom is 0.257 e. The molecular weight excluding hydrogens is 424 g/mol. The Morgan fingerprint density at radius 3 is 2.60 bits per heavy atom. The minimum absolute atomic E-state index is 0. The lowest BCUT2D eigenvalue weighted by Gasteiger charge is -2.30. The van der Waals surface area contributed by atoms with Gasteiger partial charge in [-0.05, 0) is 42.5 Å². The number of nitrogens with one attached hydrogen (secondary N) is 2. The number of hydrogen-bond acceptors (Lipinski definition) is 6. The van der Waals surface area contributed by atoms with Gasteiger partial charge in [0, 0.05) is 49.7 Å². The number of aromatic nitrogens is 1. The molecule has 0 aliphatic carbocycles. The van der Waals surface area contributed by atoms with E-state index in [1.807, 2.05) is 12.1 Å². The van der Waals surface area contributed by atoms with Crippen molar-refractivity contribution in [1.29, 1.82) is 0 Å². The third kappa shape index (κ3) is 4.56. The van der Waals surface area contributed by atoms with E-state index in [4.69, 9.17) is 0 Å². The fourth-order valence-corrected chi connectivity index (χ4v) is 4.42. The number of carbonyl (C=O) groups is 1. The molecule has 0 spiro atoms. The van der Waals surface area contributed by atoms with Crippen molar-refractivity contribution in [1.82, 2.24) is 10.3 Å². The molecule has 158 valence electrons. The molecule has 7 nitrogen and oxygen atoms in total. The van der Waals surface area contributed by atoms with Crippen molar-refractivity contribution in [3.8, 4) is 0 Å². The van der Waals surface area contributed by atoms with Gasteiger partial charge in [0.2, 0.25) is 0 Å². The number of sulfone groups is 1. The number of benzene rings is 2. The molecule has 1 saturated heterocycles. The summed E-state index contributed by atoms with van der Waals surface area (Å²) in [6, 6.07) is 14.1. The predicted octanol–water partition coefficient (Wildman–Crippen LogP) is 2.72. The Hall–Kier alpha value is -2.68. The van der Waals surface area contributed by atoms with Crippen LogP contribution in [0.1, 0.15) is 10.4 Å². The number of carbonyl (C=O) groups excluding carboxylic acids is 1. The fourth-order valence-electron chi connectivity index (χ4n) is 3.53. The fraction of sp³-hybridized carbons (Fsp3) is 0.238. The first-order chi connectivity index (χ1) is 13.9. The number of hydrogen-bond donors (Lipinski definition) is 2. The minimum atomic E-state index is -3.59. The van der Waals surface area contributed by atoms with Crippen LogP contribution in [0.5, 0.6) is 0 Å². The highest BCUT2D eigenvalue weighted by Gasteiger charge is 2.22. The van der Waals surface area contributed by atoms with Gasteiger partial charge in [0.1, 0.15) is 0 Å². The van der Waals surface area contributed by atoms with Crippen molar-refractivity contribution in [2.75, 3.05) is 42.7 Å². The Bertz CT molecular complexity index is 1170. The molecule has 2 heterocycles. The Kier molecular flexibility index (Phi) is 6.60. The van der Waals surface area contributed by atoms with E-state index in [1.165, 1.54) is 0 Å². The lowest BCUT2D eigenvalue weighted by molar-refractivity contribution is 0.102. The van der Waals surface area contributed by atoms with Gasteiger partial charge in [0.05, 0.1) is 21.7 Å². The summed E-state index contributed by atoms with van der Waals surface area (Å²) in [6.45, 7) is 3.26. The number of fused-ring (bicyclic) bond motifs is 1. The molecule has 1 aliphatic rings. The second kappa shape index (κ2) is 8.99. The first-order valence-electron chi connectivity index (χ1n) is 9.38. The number of nitrogens with zero attached hydrogens (tertiary/aromatic N) is 2. The third-order valence-corrected chi connectivity index (χ3v) is 6.12. The van der Waals surface area contributed by atoms with E-state index in [0.717, 1.165) is 49.0 Å². The molecule has 3 aromatic rings. The quantitative estimate of drug-likeness (QED) is 0.640. The van der Waals surface area contributed by atoms with Crippen molar-refractivity contribution >= 4 is 50.4 Å². The molecule has 1 aromatic heterocycles. The van der Waals surface area contributed by atoms with Gasteiger partial charge >= 0.3 is 0 Å². The van der Waals surface area contributed by atoms with Crippen LogP contribution < -0.4 is 15.5 Å². The molecule has 0 saturated carbocycles. The number of rotatable bonds is 4. The van der Waals surface area contributed by atoms with Crippen LogP contribution >= 0.6 is 12.4 Å². The zero-order valence-corrected chi connectivity index (χ0v) is 18.1. The summed E-state index contributed by atoms with van der Waals surface area (Å²) in [5, 5.41) is 6.91. The molecule has 9 heteroatoms. The zero-order valence-electron chi connectivity index (χ0n) is 16.5. The van der Waals surface area contributed by atoms with Crippen LogP contribution in [-0.4, -0.2) is 51.7 Å². The SMILES string of the molecule is CS(=O)(=O)c1cc(N2CCNCC2)ccc1C(=O)Nc1cccc2ncccc12.Cl. The molecule has 1 aliphatic heterocycles. The van der Waals surface area contributed by atoms with Gasteiger partial charge in [-0.2, -0.15) is 0 Å². The zero-order chi connectivity index (χ0) is 20.4. The smallest absolute Gasteiger partial charge is 0.257 e. The van der Waals surface area contributed by atoms with E-state index < -0.39 is 15.7 Å². The standard InChI is InChI=1S/C21H22N4O3S.ClH/c1-29(27,28)20-14-15(25-12-10-22-11-13-25)7-8-17(20)21(26)24-19-6-2-5-18-16(19)4-3-9-23-18;/h2-9,14,22H,10-13H2,1H3,(H,24,26);1H. The van der Waals surface area contributed by atoms with Crippen molar-refractivity contribution in [3.05, 3.63) is 60.3 Å². The normalized spacial score (nSPS) is 14.2. The van der Waals surface area contributed by atoms with Crippen LogP contribution in [0, 0.1) is 0 Å². The Morgan fingerprint density at radius 1 is 1.10 bits per heavy atom. The van der Waals surface area contributed by atoms with Gasteiger partial charge in [-0.25, -0.2) is 8.42 Å². The van der Waals surface area contributed by atoms with Crippen LogP contribution in [0.4, 0.5) is 11.4 Å². The molecule has 0 unspecified atom stereocenters. The summed E-state index contributed by atoms with van der Waals surface area (Å²) >= 11 is 0. The summed E-state index contributed by atoms with van der Waals surface area (Å²) < 4.78 is 24.9. The average molecular weight is 447 g/mol. The first-order valence-corrected chi connectivity index (χ1v) is 11.3. The molecule has 0 bridgehead atoms. The summed E-state index contributed by atoms with van der Waals surface area (Å²) in [6.07, 6.45) is 2.81. The molecule has 0 radical (unpaired) electrons. The van der Waals surface area contributed by atoms with Gasteiger partial charge in [-0.3, -0.25) is 9.78 Å². The number of pyridine rings is 1. The predicted molar refractivity (Wildman–Crippen MR) is 122 cm³/mol. The Balaban J connectivity index is 0.00000256. The van der Waals surface area contributed by atoms with Crippen molar-refractivity contribution < 1.29 is 13.2 Å². The number of piperazine rings is 1. The van der Waals surface area contributed by atoms with Crippen LogP contribution in [0.3, 0.4) is 0 Å². The second-order valence-corrected chi connectivity index (χ2v) is 9.00. The van der Waals surface area contributed by atoms with Gasteiger partial charge in [0.25, 0.3) is 5.91 Å².